The van der Waals surface area contributed by atoms with Crippen LogP contribution in [-0.4, -0.2) is 79.8 Å². The van der Waals surface area contributed by atoms with Gasteiger partial charge in [-0.3, -0.25) is 9.59 Å². The van der Waals surface area contributed by atoms with Gasteiger partial charge in [-0.15, -0.1) is 0 Å². The summed E-state index contributed by atoms with van der Waals surface area (Å²) in [7, 11) is 4.35. The highest BCUT2D eigenvalue weighted by atomic mass is 35.5. The summed E-state index contributed by atoms with van der Waals surface area (Å²) in [5.74, 6) is -1.13. The molecule has 1 unspecified atom stereocenters. The van der Waals surface area contributed by atoms with Gasteiger partial charge in [0.05, 0.1) is 17.7 Å². The van der Waals surface area contributed by atoms with Crippen LogP contribution in [0.5, 0.6) is 5.75 Å². The fourth-order valence-electron chi connectivity index (χ4n) is 5.95. The minimum Gasteiger partial charge on any atom is -0.497 e. The number of aliphatic hydroxyl groups is 1. The third kappa shape index (κ3) is 6.06. The second kappa shape index (κ2) is 12.0. The largest absolute Gasteiger partial charge is 0.497 e. The van der Waals surface area contributed by atoms with Crippen molar-refractivity contribution in [2.45, 2.75) is 57.3 Å². The first-order chi connectivity index (χ1) is 19.6. The van der Waals surface area contributed by atoms with E-state index in [0.717, 1.165) is 55.1 Å². The van der Waals surface area contributed by atoms with E-state index in [1.807, 2.05) is 26.0 Å². The summed E-state index contributed by atoms with van der Waals surface area (Å²) in [5.41, 5.74) is -2.73. The SMILES string of the molecule is COc1cccc(C(O)(C(=O)N(C)CC[C@@H]2CC23CCN(c2ccc(C(=O)N(C)C(C)C)c(Cl)c2)CC3)C(F)(F)F)c1. The molecule has 1 aliphatic heterocycles. The summed E-state index contributed by atoms with van der Waals surface area (Å²) in [4.78, 5) is 30.6. The molecule has 11 heteroatoms. The first kappa shape index (κ1) is 31.9. The van der Waals surface area contributed by atoms with Crippen molar-refractivity contribution in [3.63, 3.8) is 0 Å². The average Bonchev–Trinajstić information content (AvgIpc) is 3.64. The Hall–Kier alpha value is -2.98. The average molecular weight is 610 g/mol. The maximum Gasteiger partial charge on any atom is 0.430 e. The van der Waals surface area contributed by atoms with Crippen LogP contribution in [-0.2, 0) is 10.4 Å². The molecule has 2 aromatic rings. The number of piperidine rings is 1. The van der Waals surface area contributed by atoms with E-state index in [9.17, 15) is 27.9 Å². The first-order valence-electron chi connectivity index (χ1n) is 14.2. The number of carbonyl (C=O) groups is 2. The number of benzene rings is 2. The van der Waals surface area contributed by atoms with Crippen molar-refractivity contribution in [3.05, 3.63) is 58.6 Å². The molecular weight excluding hydrogens is 571 g/mol. The zero-order valence-corrected chi connectivity index (χ0v) is 25.4. The van der Waals surface area contributed by atoms with Crippen LogP contribution in [0, 0.1) is 11.3 Å². The molecule has 2 atom stereocenters. The van der Waals surface area contributed by atoms with E-state index in [4.69, 9.17) is 16.3 Å². The van der Waals surface area contributed by atoms with Gasteiger partial charge in [0, 0.05) is 51.0 Å². The Morgan fingerprint density at radius 3 is 2.38 bits per heavy atom. The molecule has 42 heavy (non-hydrogen) atoms. The van der Waals surface area contributed by atoms with Gasteiger partial charge < -0.3 is 24.5 Å². The molecule has 1 spiro atoms. The number of alkyl halides is 3. The van der Waals surface area contributed by atoms with Crippen molar-refractivity contribution in [1.82, 2.24) is 9.80 Å². The number of likely N-dealkylation sites (N-methyl/N-ethyl adjacent to an activating group) is 1. The number of rotatable bonds is 9. The predicted molar refractivity (Wildman–Crippen MR) is 156 cm³/mol. The lowest BCUT2D eigenvalue weighted by molar-refractivity contribution is -0.261. The molecule has 0 bridgehead atoms. The molecule has 2 aliphatic rings. The van der Waals surface area contributed by atoms with Crippen molar-refractivity contribution in [1.29, 1.82) is 0 Å². The standard InChI is InChI=1S/C31H39ClF3N3O4/c1-20(2)37(4)27(39)25-10-9-23(18-26(25)32)38-15-12-29(13-16-38)19-22(29)11-14-36(3)28(40)30(41,31(33,34)35)21-7-6-8-24(17-21)42-5/h6-10,17-18,20,22,41H,11-16,19H2,1-5H3/t22-,30?/m1/s1. The molecule has 0 radical (unpaired) electrons. The highest BCUT2D eigenvalue weighted by Crippen LogP contribution is 2.61. The van der Waals surface area contributed by atoms with Gasteiger partial charge in [-0.05, 0) is 81.2 Å². The van der Waals surface area contributed by atoms with Gasteiger partial charge >= 0.3 is 6.18 Å². The fraction of sp³-hybridized carbons (Fsp3) is 0.548. The second-order valence-corrected chi connectivity index (χ2v) is 12.3. The number of carbonyl (C=O) groups excluding carboxylic acids is 2. The Balaban J connectivity index is 1.34. The van der Waals surface area contributed by atoms with E-state index in [1.165, 1.54) is 26.3 Å². The number of hydrogen-bond donors (Lipinski definition) is 1. The third-order valence-electron chi connectivity index (χ3n) is 9.13. The summed E-state index contributed by atoms with van der Waals surface area (Å²) >= 11 is 6.49. The Kier molecular flexibility index (Phi) is 9.09. The Morgan fingerprint density at radius 1 is 1.14 bits per heavy atom. The summed E-state index contributed by atoms with van der Waals surface area (Å²) in [6.07, 6.45) is -1.87. The molecule has 1 aliphatic carbocycles. The monoisotopic (exact) mass is 609 g/mol. The first-order valence-corrected chi connectivity index (χ1v) is 14.5. The zero-order chi connectivity index (χ0) is 31.0. The molecule has 0 aromatic heterocycles. The zero-order valence-electron chi connectivity index (χ0n) is 24.7. The predicted octanol–water partition coefficient (Wildman–Crippen LogP) is 5.73. The van der Waals surface area contributed by atoms with Gasteiger partial charge in [-0.25, -0.2) is 0 Å². The van der Waals surface area contributed by atoms with Gasteiger partial charge in [-0.1, -0.05) is 23.7 Å². The van der Waals surface area contributed by atoms with Crippen LogP contribution in [0.2, 0.25) is 5.02 Å². The van der Waals surface area contributed by atoms with Crippen LogP contribution < -0.4 is 9.64 Å². The molecule has 1 saturated carbocycles. The molecule has 2 aromatic carbocycles. The second-order valence-electron chi connectivity index (χ2n) is 11.9. The van der Waals surface area contributed by atoms with E-state index in [1.54, 1.807) is 18.0 Å². The molecule has 1 N–H and O–H groups in total. The highest BCUT2D eigenvalue weighted by molar-refractivity contribution is 6.34. The minimum atomic E-state index is -5.21. The number of ether oxygens (including phenoxy) is 1. The van der Waals surface area contributed by atoms with Crippen LogP contribution in [0.15, 0.2) is 42.5 Å². The molecule has 7 nitrogen and oxygen atoms in total. The quantitative estimate of drug-likeness (QED) is 0.393. The van der Waals surface area contributed by atoms with Crippen LogP contribution >= 0.6 is 11.6 Å². The lowest BCUT2D eigenvalue weighted by Crippen LogP contribution is -2.55. The Bertz CT molecular complexity index is 1310. The van der Waals surface area contributed by atoms with Crippen LogP contribution in [0.4, 0.5) is 18.9 Å². The summed E-state index contributed by atoms with van der Waals surface area (Å²) in [5, 5.41) is 11.2. The van der Waals surface area contributed by atoms with E-state index in [0.29, 0.717) is 22.9 Å². The van der Waals surface area contributed by atoms with Crippen LogP contribution in [0.25, 0.3) is 0 Å². The van der Waals surface area contributed by atoms with Crippen molar-refractivity contribution in [2.24, 2.45) is 11.3 Å². The number of anilines is 1. The summed E-state index contributed by atoms with van der Waals surface area (Å²) in [6, 6.07) is 10.4. The normalized spacial score (nSPS) is 19.4. The van der Waals surface area contributed by atoms with Crippen molar-refractivity contribution >= 4 is 29.1 Å². The number of nitrogens with zero attached hydrogens (tertiary/aromatic N) is 3. The molecule has 230 valence electrons. The number of halogens is 4. The van der Waals surface area contributed by atoms with Crippen molar-refractivity contribution < 1.29 is 32.6 Å². The molecule has 2 fully saturated rings. The third-order valence-corrected chi connectivity index (χ3v) is 9.44. The van der Waals surface area contributed by atoms with Crippen molar-refractivity contribution in [2.75, 3.05) is 45.7 Å². The van der Waals surface area contributed by atoms with E-state index in [2.05, 4.69) is 4.90 Å². The maximum absolute atomic E-state index is 14.1. The highest BCUT2D eigenvalue weighted by Gasteiger charge is 2.62. The molecule has 1 saturated heterocycles. The topological polar surface area (TPSA) is 73.3 Å². The van der Waals surface area contributed by atoms with Gasteiger partial charge in [-0.2, -0.15) is 13.2 Å². The summed E-state index contributed by atoms with van der Waals surface area (Å²) < 4.78 is 47.3. The molecule has 2 amide bonds. The van der Waals surface area contributed by atoms with E-state index < -0.39 is 23.2 Å². The van der Waals surface area contributed by atoms with Gasteiger partial charge in [0.1, 0.15) is 5.75 Å². The fourth-order valence-corrected chi connectivity index (χ4v) is 6.20. The number of hydrogen-bond acceptors (Lipinski definition) is 5. The molecule has 1 heterocycles. The molecular formula is C31H39ClF3N3O4. The van der Waals surface area contributed by atoms with Gasteiger partial charge in [0.15, 0.2) is 0 Å². The molecule has 4 rings (SSSR count). The smallest absolute Gasteiger partial charge is 0.430 e. The van der Waals surface area contributed by atoms with Crippen LogP contribution in [0.3, 0.4) is 0 Å². The Labute approximate surface area is 250 Å². The number of methoxy groups -OCH3 is 1. The maximum atomic E-state index is 14.1. The van der Waals surface area contributed by atoms with Crippen molar-refractivity contribution in [3.8, 4) is 5.75 Å². The Morgan fingerprint density at radius 2 is 1.81 bits per heavy atom. The summed E-state index contributed by atoms with van der Waals surface area (Å²) in [6.45, 7) is 5.58. The van der Waals surface area contributed by atoms with Crippen LogP contribution in [0.1, 0.15) is 55.5 Å². The number of amides is 2. The lowest BCUT2D eigenvalue weighted by Gasteiger charge is -2.35. The van der Waals surface area contributed by atoms with Gasteiger partial charge in [0.2, 0.25) is 0 Å². The lowest BCUT2D eigenvalue weighted by atomic mass is 9.89. The van der Waals surface area contributed by atoms with Gasteiger partial charge in [0.25, 0.3) is 17.4 Å². The van der Waals surface area contributed by atoms with E-state index in [-0.39, 0.29) is 29.7 Å². The minimum absolute atomic E-state index is 0.0553. The van der Waals surface area contributed by atoms with E-state index >= 15 is 0 Å².